The molecule has 0 bridgehead atoms. The lowest BCUT2D eigenvalue weighted by Gasteiger charge is -2.19. The highest BCUT2D eigenvalue weighted by molar-refractivity contribution is 7.91. The molecular weight excluding hydrogens is 561 g/mol. The van der Waals surface area contributed by atoms with Crippen molar-refractivity contribution in [3.05, 3.63) is 83.7 Å². The highest BCUT2D eigenvalue weighted by atomic mass is 32.2. The second-order valence-electron chi connectivity index (χ2n) is 9.28. The molecule has 0 radical (unpaired) electrons. The highest BCUT2D eigenvalue weighted by Gasteiger charge is 2.31. The van der Waals surface area contributed by atoms with E-state index in [1.165, 1.54) is 12.5 Å². The van der Waals surface area contributed by atoms with Crippen LogP contribution in [0.1, 0.15) is 16.8 Å². The van der Waals surface area contributed by atoms with Gasteiger partial charge in [-0.1, -0.05) is 6.07 Å². The van der Waals surface area contributed by atoms with Crippen LogP contribution in [0.25, 0.3) is 22.5 Å². The van der Waals surface area contributed by atoms with E-state index in [-0.39, 0.29) is 23.0 Å². The minimum absolute atomic E-state index is 0.138. The Kier molecular flexibility index (Phi) is 6.44. The lowest BCUT2D eigenvalue weighted by atomic mass is 9.98. The quantitative estimate of drug-likeness (QED) is 0.301. The third kappa shape index (κ3) is 5.48. The predicted octanol–water partition coefficient (Wildman–Crippen LogP) is 4.36. The molecule has 0 atom stereocenters. The van der Waals surface area contributed by atoms with Crippen molar-refractivity contribution in [3.63, 3.8) is 0 Å². The first-order chi connectivity index (χ1) is 19.6. The van der Waals surface area contributed by atoms with E-state index in [1.54, 1.807) is 24.4 Å². The van der Waals surface area contributed by atoms with Crippen LogP contribution in [-0.2, 0) is 28.5 Å². The van der Waals surface area contributed by atoms with Crippen molar-refractivity contribution in [2.24, 2.45) is 4.99 Å². The molecule has 3 aliphatic rings. The van der Waals surface area contributed by atoms with E-state index in [0.717, 1.165) is 46.4 Å². The Morgan fingerprint density at radius 3 is 2.73 bits per heavy atom. The van der Waals surface area contributed by atoms with Gasteiger partial charge in [-0.25, -0.2) is 18.4 Å². The molecule has 0 saturated carbocycles. The summed E-state index contributed by atoms with van der Waals surface area (Å²) in [5.41, 5.74) is 2.42. The number of halogens is 3. The molecule has 11 nitrogen and oxygen atoms in total. The van der Waals surface area contributed by atoms with Gasteiger partial charge in [0.15, 0.2) is 0 Å². The zero-order valence-electron chi connectivity index (χ0n) is 21.3. The summed E-state index contributed by atoms with van der Waals surface area (Å²) in [7, 11) is -4.08. The number of sulfonamides is 1. The lowest BCUT2D eigenvalue weighted by molar-refractivity contribution is -0.137. The number of fused-ring (bicyclic) bond motifs is 3. The summed E-state index contributed by atoms with van der Waals surface area (Å²) in [4.78, 5) is 20.9. The Hall–Kier alpha value is -4.79. The van der Waals surface area contributed by atoms with Gasteiger partial charge in [-0.2, -0.15) is 23.1 Å². The molecule has 0 aliphatic carbocycles. The number of pyridine rings is 2. The number of nitrogens with zero attached hydrogens (tertiary/aromatic N) is 6. The van der Waals surface area contributed by atoms with E-state index in [0.29, 0.717) is 18.9 Å². The Bertz CT molecular complexity index is 1900. The van der Waals surface area contributed by atoms with Gasteiger partial charge in [0, 0.05) is 42.3 Å². The minimum atomic E-state index is -4.61. The summed E-state index contributed by atoms with van der Waals surface area (Å²) in [6.45, 7) is 3.17. The maximum atomic E-state index is 13.1. The van der Waals surface area contributed by atoms with Gasteiger partial charge >= 0.3 is 12.2 Å². The molecule has 0 saturated heterocycles. The molecule has 6 rings (SSSR count). The number of oxazole rings is 1. The first-order valence-corrected chi connectivity index (χ1v) is 13.9. The van der Waals surface area contributed by atoms with Crippen LogP contribution in [-0.4, -0.2) is 39.5 Å². The number of aryl methyl sites for hydroxylation is 1. The number of anilines is 2. The molecule has 3 aliphatic heterocycles. The molecule has 0 fully saturated rings. The van der Waals surface area contributed by atoms with Crippen LogP contribution in [0.3, 0.4) is 0 Å². The van der Waals surface area contributed by atoms with Crippen LogP contribution in [0.2, 0.25) is 0 Å². The van der Waals surface area contributed by atoms with Crippen molar-refractivity contribution in [2.45, 2.75) is 25.4 Å². The fourth-order valence-electron chi connectivity index (χ4n) is 4.60. The molecule has 15 heteroatoms. The van der Waals surface area contributed by atoms with Gasteiger partial charge in [0.2, 0.25) is 10.0 Å². The van der Waals surface area contributed by atoms with Gasteiger partial charge < -0.3 is 14.3 Å². The molecule has 2 N–H and O–H groups in total. The molecule has 210 valence electrons. The van der Waals surface area contributed by atoms with E-state index in [2.05, 4.69) is 35.0 Å². The molecular formula is C26H21F3N8O3S. The largest absolute Gasteiger partial charge is 0.431 e. The van der Waals surface area contributed by atoms with Gasteiger partial charge in [-0.3, -0.25) is 9.71 Å². The maximum Gasteiger partial charge on any atom is 0.416 e. The Morgan fingerprint density at radius 1 is 1.10 bits per heavy atom. The van der Waals surface area contributed by atoms with Gasteiger partial charge in [-0.15, -0.1) is 0 Å². The number of rotatable bonds is 6. The standard InChI is InChI=1S/C26H21F3N8O3S/c1-15-2-3-18(36-41(38,39)14-19-11-17(4-5-30-19)26(27,28)29)12-20(15)21-10-16-13-33-24(35-25-32-7-9-40-25)34-22(16)37-8-6-31-23(21)37/h2-5,7,9-13,31,36H,6,8,14H2,1H3/b35-24+. The molecule has 0 spiro atoms. The fraction of sp³-hybridized carbons (Fsp3) is 0.192. The van der Waals surface area contributed by atoms with Crippen molar-refractivity contribution in [2.75, 3.05) is 16.6 Å². The average Bonchev–Trinajstić information content (AvgIpc) is 3.61. The van der Waals surface area contributed by atoms with Crippen molar-refractivity contribution in [3.8, 4) is 22.5 Å². The van der Waals surface area contributed by atoms with Crippen molar-refractivity contribution >= 4 is 27.5 Å². The smallest absolute Gasteiger partial charge is 0.416 e. The molecule has 5 heterocycles. The summed E-state index contributed by atoms with van der Waals surface area (Å²) >= 11 is 0. The molecule has 41 heavy (non-hydrogen) atoms. The Morgan fingerprint density at radius 2 is 1.95 bits per heavy atom. The minimum Gasteiger partial charge on any atom is -0.431 e. The number of aromatic nitrogens is 5. The number of benzene rings is 1. The third-order valence-electron chi connectivity index (χ3n) is 6.39. The van der Waals surface area contributed by atoms with Crippen LogP contribution in [0, 0.1) is 6.92 Å². The average molecular weight is 583 g/mol. The normalized spacial score (nSPS) is 13.8. The van der Waals surface area contributed by atoms with Gasteiger partial charge in [-0.05, 0) is 48.4 Å². The van der Waals surface area contributed by atoms with Gasteiger partial charge in [0.25, 0.3) is 5.62 Å². The Labute approximate surface area is 231 Å². The van der Waals surface area contributed by atoms with Crippen molar-refractivity contribution in [1.29, 1.82) is 0 Å². The summed E-state index contributed by atoms with van der Waals surface area (Å²) in [6.07, 6.45) is 0.855. The van der Waals surface area contributed by atoms with Crippen molar-refractivity contribution < 1.29 is 26.0 Å². The van der Waals surface area contributed by atoms with Gasteiger partial charge in [0.05, 0.1) is 17.5 Å². The molecule has 1 aromatic carbocycles. The number of nitrogens with one attached hydrogen (secondary N) is 2. The summed E-state index contributed by atoms with van der Waals surface area (Å²) in [5, 5.41) is 3.37. The zero-order chi connectivity index (χ0) is 28.8. The van der Waals surface area contributed by atoms with Gasteiger partial charge in [0.1, 0.15) is 23.7 Å². The van der Waals surface area contributed by atoms with E-state index < -0.39 is 27.5 Å². The molecule has 0 amide bonds. The topological polar surface area (TPSA) is 140 Å². The monoisotopic (exact) mass is 582 g/mol. The maximum absolute atomic E-state index is 13.1. The van der Waals surface area contributed by atoms with E-state index in [1.807, 2.05) is 17.6 Å². The van der Waals surface area contributed by atoms with Crippen LogP contribution in [0.5, 0.6) is 0 Å². The summed E-state index contributed by atoms with van der Waals surface area (Å²) in [6, 6.07) is 8.61. The van der Waals surface area contributed by atoms with Crippen LogP contribution < -0.4 is 15.7 Å². The molecule has 2 aromatic heterocycles. The SMILES string of the molecule is Cc1ccc(NS(=O)(=O)Cc2cc(C(F)(F)F)ccn2)cc1-c1cc2cn/c(=N\c3ncco3)nc-2n2c1NCC2. The van der Waals surface area contributed by atoms with Crippen LogP contribution in [0.4, 0.5) is 30.7 Å². The van der Waals surface area contributed by atoms with Crippen molar-refractivity contribution in [1.82, 2.24) is 24.5 Å². The summed E-state index contributed by atoms with van der Waals surface area (Å²) in [5.74, 6) is 0.716. The Balaban J connectivity index is 1.34. The molecule has 0 unspecified atom stereocenters. The highest BCUT2D eigenvalue weighted by Crippen LogP contribution is 2.39. The number of hydrogen-bond acceptors (Lipinski definition) is 9. The molecule has 3 aromatic rings. The van der Waals surface area contributed by atoms with E-state index in [9.17, 15) is 21.6 Å². The summed E-state index contributed by atoms with van der Waals surface area (Å²) < 4.78 is 74.6. The zero-order valence-corrected chi connectivity index (χ0v) is 22.2. The number of alkyl halides is 3. The van der Waals surface area contributed by atoms with E-state index >= 15 is 0 Å². The lowest BCUT2D eigenvalue weighted by Crippen LogP contribution is -2.18. The second kappa shape index (κ2) is 9.99. The van der Waals surface area contributed by atoms with E-state index in [4.69, 9.17) is 4.42 Å². The first-order valence-electron chi connectivity index (χ1n) is 12.3. The number of hydrogen-bond donors (Lipinski definition) is 2. The van der Waals surface area contributed by atoms with Crippen LogP contribution in [0.15, 0.2) is 70.7 Å². The second-order valence-corrected chi connectivity index (χ2v) is 11.0. The fourth-order valence-corrected chi connectivity index (χ4v) is 5.70. The van der Waals surface area contributed by atoms with Crippen LogP contribution >= 0.6 is 0 Å². The first kappa shape index (κ1) is 26.4. The third-order valence-corrected chi connectivity index (χ3v) is 7.61. The predicted molar refractivity (Wildman–Crippen MR) is 143 cm³/mol.